The molecule has 2 rings (SSSR count). The number of benzene rings is 1. The van der Waals surface area contributed by atoms with Crippen LogP contribution in [0.3, 0.4) is 0 Å². The summed E-state index contributed by atoms with van der Waals surface area (Å²) in [6, 6.07) is 9.77. The van der Waals surface area contributed by atoms with Crippen LogP contribution in [0.5, 0.6) is 0 Å². The van der Waals surface area contributed by atoms with E-state index in [0.29, 0.717) is 6.54 Å². The number of nitrogens with zero attached hydrogens (tertiary/aromatic N) is 2. The monoisotopic (exact) mass is 229 g/mol. The molecule has 0 amide bonds. The molecule has 1 aromatic heterocycles. The van der Waals surface area contributed by atoms with Crippen LogP contribution >= 0.6 is 0 Å². The molecule has 0 aliphatic heterocycles. The fourth-order valence-corrected chi connectivity index (χ4v) is 1.49. The van der Waals surface area contributed by atoms with Gasteiger partial charge in [0.1, 0.15) is 18.0 Å². The lowest BCUT2D eigenvalue weighted by molar-refractivity contribution is 1.07. The molecule has 0 radical (unpaired) electrons. The first kappa shape index (κ1) is 11.3. The molecule has 0 aliphatic carbocycles. The first-order valence-corrected chi connectivity index (χ1v) is 5.37. The average Bonchev–Trinajstić information content (AvgIpc) is 2.39. The SMILES string of the molecule is CNc1cc(Nc2cccc(CN)c2)ncn1. The van der Waals surface area contributed by atoms with Crippen molar-refractivity contribution in [1.29, 1.82) is 0 Å². The molecule has 17 heavy (non-hydrogen) atoms. The Kier molecular flexibility index (Phi) is 3.52. The van der Waals surface area contributed by atoms with Crippen LogP contribution in [0.4, 0.5) is 17.3 Å². The summed E-state index contributed by atoms with van der Waals surface area (Å²) in [5.41, 5.74) is 7.64. The van der Waals surface area contributed by atoms with Crippen LogP contribution in [-0.2, 0) is 6.54 Å². The lowest BCUT2D eigenvalue weighted by Crippen LogP contribution is -2.00. The first-order chi connectivity index (χ1) is 8.31. The Labute approximate surface area is 100 Å². The van der Waals surface area contributed by atoms with Gasteiger partial charge in [-0.3, -0.25) is 0 Å². The van der Waals surface area contributed by atoms with Crippen molar-refractivity contribution in [2.45, 2.75) is 6.54 Å². The highest BCUT2D eigenvalue weighted by atomic mass is 15.1. The number of hydrogen-bond donors (Lipinski definition) is 3. The van der Waals surface area contributed by atoms with Gasteiger partial charge in [0, 0.05) is 25.3 Å². The normalized spacial score (nSPS) is 10.0. The lowest BCUT2D eigenvalue weighted by Gasteiger charge is -2.07. The van der Waals surface area contributed by atoms with E-state index in [9.17, 15) is 0 Å². The van der Waals surface area contributed by atoms with E-state index in [4.69, 9.17) is 5.73 Å². The molecule has 0 spiro atoms. The van der Waals surface area contributed by atoms with Gasteiger partial charge in [0.2, 0.25) is 0 Å². The second-order valence-corrected chi connectivity index (χ2v) is 3.57. The fraction of sp³-hybridized carbons (Fsp3) is 0.167. The highest BCUT2D eigenvalue weighted by Crippen LogP contribution is 2.17. The minimum Gasteiger partial charge on any atom is -0.373 e. The molecule has 0 atom stereocenters. The summed E-state index contributed by atoms with van der Waals surface area (Å²) in [6.45, 7) is 0.529. The van der Waals surface area contributed by atoms with E-state index < -0.39 is 0 Å². The highest BCUT2D eigenvalue weighted by Gasteiger charge is 1.99. The number of aromatic nitrogens is 2. The molecule has 0 aliphatic rings. The van der Waals surface area contributed by atoms with E-state index in [2.05, 4.69) is 20.6 Å². The molecule has 88 valence electrons. The quantitative estimate of drug-likeness (QED) is 0.744. The molecule has 0 saturated carbocycles. The number of nitrogens with one attached hydrogen (secondary N) is 2. The minimum atomic E-state index is 0.529. The Morgan fingerprint density at radius 1 is 1.18 bits per heavy atom. The summed E-state index contributed by atoms with van der Waals surface area (Å²) in [5.74, 6) is 1.52. The van der Waals surface area contributed by atoms with E-state index in [1.54, 1.807) is 0 Å². The standard InChI is InChI=1S/C12H15N5/c1-14-11-6-12(16-8-15-11)17-10-4-2-3-9(5-10)7-13/h2-6,8H,7,13H2,1H3,(H2,14,15,16,17). The Hall–Kier alpha value is -2.14. The van der Waals surface area contributed by atoms with Gasteiger partial charge in [-0.1, -0.05) is 12.1 Å². The summed E-state index contributed by atoms with van der Waals surface area (Å²) < 4.78 is 0. The molecule has 1 aromatic carbocycles. The molecule has 0 bridgehead atoms. The third-order valence-electron chi connectivity index (χ3n) is 2.36. The smallest absolute Gasteiger partial charge is 0.135 e. The predicted octanol–water partition coefficient (Wildman–Crippen LogP) is 1.72. The predicted molar refractivity (Wildman–Crippen MR) is 69.2 cm³/mol. The lowest BCUT2D eigenvalue weighted by atomic mass is 10.2. The summed E-state index contributed by atoms with van der Waals surface area (Å²) in [7, 11) is 1.82. The molecule has 5 nitrogen and oxygen atoms in total. The van der Waals surface area contributed by atoms with Crippen molar-refractivity contribution in [3.63, 3.8) is 0 Å². The summed E-state index contributed by atoms with van der Waals surface area (Å²) in [6.07, 6.45) is 1.51. The maximum atomic E-state index is 5.59. The summed E-state index contributed by atoms with van der Waals surface area (Å²) in [5, 5.41) is 6.17. The third-order valence-corrected chi connectivity index (χ3v) is 2.36. The molecule has 4 N–H and O–H groups in total. The first-order valence-electron chi connectivity index (χ1n) is 5.37. The highest BCUT2D eigenvalue weighted by molar-refractivity contribution is 5.59. The number of anilines is 3. The molecule has 2 aromatic rings. The van der Waals surface area contributed by atoms with Gasteiger partial charge >= 0.3 is 0 Å². The summed E-state index contributed by atoms with van der Waals surface area (Å²) in [4.78, 5) is 8.20. The second kappa shape index (κ2) is 5.27. The van der Waals surface area contributed by atoms with Gasteiger partial charge in [-0.15, -0.1) is 0 Å². The molecule has 0 saturated heterocycles. The summed E-state index contributed by atoms with van der Waals surface area (Å²) >= 11 is 0. The van der Waals surface area contributed by atoms with Crippen molar-refractivity contribution in [2.24, 2.45) is 5.73 Å². The minimum absolute atomic E-state index is 0.529. The van der Waals surface area contributed by atoms with E-state index >= 15 is 0 Å². The van der Waals surface area contributed by atoms with Crippen molar-refractivity contribution >= 4 is 17.3 Å². The maximum absolute atomic E-state index is 5.59. The zero-order chi connectivity index (χ0) is 12.1. The zero-order valence-corrected chi connectivity index (χ0v) is 9.64. The number of hydrogen-bond acceptors (Lipinski definition) is 5. The van der Waals surface area contributed by atoms with Crippen molar-refractivity contribution < 1.29 is 0 Å². The fourth-order valence-electron chi connectivity index (χ4n) is 1.49. The van der Waals surface area contributed by atoms with Crippen LogP contribution in [0, 0.1) is 0 Å². The number of nitrogens with two attached hydrogens (primary N) is 1. The van der Waals surface area contributed by atoms with E-state index in [1.807, 2.05) is 37.4 Å². The van der Waals surface area contributed by atoms with Crippen molar-refractivity contribution in [1.82, 2.24) is 9.97 Å². The van der Waals surface area contributed by atoms with Gasteiger partial charge in [-0.05, 0) is 17.7 Å². The molecular weight excluding hydrogens is 214 g/mol. The molecular formula is C12H15N5. The van der Waals surface area contributed by atoms with Crippen LogP contribution in [0.2, 0.25) is 0 Å². The average molecular weight is 229 g/mol. The molecule has 0 unspecified atom stereocenters. The van der Waals surface area contributed by atoms with Gasteiger partial charge in [0.05, 0.1) is 0 Å². The van der Waals surface area contributed by atoms with Crippen LogP contribution in [0.1, 0.15) is 5.56 Å². The van der Waals surface area contributed by atoms with Crippen LogP contribution in [0.15, 0.2) is 36.7 Å². The third kappa shape index (κ3) is 2.92. The van der Waals surface area contributed by atoms with Gasteiger partial charge in [0.15, 0.2) is 0 Å². The topological polar surface area (TPSA) is 75.9 Å². The van der Waals surface area contributed by atoms with Gasteiger partial charge in [0.25, 0.3) is 0 Å². The van der Waals surface area contributed by atoms with Gasteiger partial charge < -0.3 is 16.4 Å². The van der Waals surface area contributed by atoms with Gasteiger partial charge in [-0.2, -0.15) is 0 Å². The van der Waals surface area contributed by atoms with Gasteiger partial charge in [-0.25, -0.2) is 9.97 Å². The Balaban J connectivity index is 2.18. The Bertz CT molecular complexity index is 452. The van der Waals surface area contributed by atoms with Crippen LogP contribution in [-0.4, -0.2) is 17.0 Å². The second-order valence-electron chi connectivity index (χ2n) is 3.57. The van der Waals surface area contributed by atoms with Crippen LogP contribution < -0.4 is 16.4 Å². The zero-order valence-electron chi connectivity index (χ0n) is 9.64. The maximum Gasteiger partial charge on any atom is 0.135 e. The van der Waals surface area contributed by atoms with Crippen molar-refractivity contribution in [3.05, 3.63) is 42.2 Å². The molecule has 0 fully saturated rings. The van der Waals surface area contributed by atoms with E-state index in [0.717, 1.165) is 22.9 Å². The van der Waals surface area contributed by atoms with E-state index in [-0.39, 0.29) is 0 Å². The largest absolute Gasteiger partial charge is 0.373 e. The molecule has 5 heteroatoms. The van der Waals surface area contributed by atoms with Crippen LogP contribution in [0.25, 0.3) is 0 Å². The van der Waals surface area contributed by atoms with Crippen molar-refractivity contribution in [2.75, 3.05) is 17.7 Å². The number of rotatable bonds is 4. The Morgan fingerprint density at radius 3 is 2.76 bits per heavy atom. The molecule has 1 heterocycles. The Morgan fingerprint density at radius 2 is 2.00 bits per heavy atom. The van der Waals surface area contributed by atoms with Crippen molar-refractivity contribution in [3.8, 4) is 0 Å². The van der Waals surface area contributed by atoms with E-state index in [1.165, 1.54) is 6.33 Å².